The van der Waals surface area contributed by atoms with Gasteiger partial charge in [-0.2, -0.15) is 4.31 Å². The molecule has 1 heterocycles. The molecular formula is C14H21ClN2O3S. The molecule has 0 unspecified atom stereocenters. The number of halogens is 1. The minimum atomic E-state index is -3.50. The fourth-order valence-corrected chi connectivity index (χ4v) is 4.22. The Bertz CT molecular complexity index is 611. The van der Waals surface area contributed by atoms with Crippen LogP contribution in [0.15, 0.2) is 23.1 Å². The molecule has 1 saturated heterocycles. The molecule has 1 N–H and O–H groups in total. The number of benzene rings is 1. The third-order valence-electron chi connectivity index (χ3n) is 4.19. The number of hydrogen-bond acceptors (Lipinski definition) is 4. The monoisotopic (exact) mass is 332 g/mol. The van der Waals surface area contributed by atoms with Crippen molar-refractivity contribution in [1.29, 1.82) is 0 Å². The average molecular weight is 333 g/mol. The van der Waals surface area contributed by atoms with E-state index >= 15 is 0 Å². The van der Waals surface area contributed by atoms with Gasteiger partial charge in [-0.1, -0.05) is 11.6 Å². The lowest BCUT2D eigenvalue weighted by Crippen LogP contribution is -2.51. The molecule has 0 atom stereocenters. The number of rotatable bonds is 4. The Kier molecular flexibility index (Phi) is 4.82. The molecule has 21 heavy (non-hydrogen) atoms. The first kappa shape index (κ1) is 16.5. The van der Waals surface area contributed by atoms with Crippen LogP contribution in [-0.4, -0.2) is 45.5 Å². The van der Waals surface area contributed by atoms with Crippen LogP contribution < -0.4 is 10.1 Å². The van der Waals surface area contributed by atoms with Gasteiger partial charge in [-0.05, 0) is 45.0 Å². The van der Waals surface area contributed by atoms with E-state index in [9.17, 15) is 8.42 Å². The van der Waals surface area contributed by atoms with E-state index in [0.29, 0.717) is 23.9 Å². The van der Waals surface area contributed by atoms with Crippen LogP contribution in [0.2, 0.25) is 5.02 Å². The number of piperidine rings is 1. The summed E-state index contributed by atoms with van der Waals surface area (Å²) in [6.07, 6.45) is 1.57. The molecule has 0 aliphatic carbocycles. The van der Waals surface area contributed by atoms with Crippen molar-refractivity contribution in [2.45, 2.75) is 30.2 Å². The Morgan fingerprint density at radius 2 is 1.95 bits per heavy atom. The summed E-state index contributed by atoms with van der Waals surface area (Å²) in [4.78, 5) is 0.210. The second kappa shape index (κ2) is 6.12. The molecule has 2 rings (SSSR count). The maximum atomic E-state index is 12.6. The Hall–Kier alpha value is -0.820. The molecule has 1 aliphatic heterocycles. The minimum absolute atomic E-state index is 0.00354. The lowest BCUT2D eigenvalue weighted by Gasteiger charge is -2.38. The van der Waals surface area contributed by atoms with Crippen LogP contribution in [0, 0.1) is 0 Å². The predicted octanol–water partition coefficient (Wildman–Crippen LogP) is 2.11. The number of nitrogens with one attached hydrogen (secondary N) is 1. The zero-order valence-electron chi connectivity index (χ0n) is 12.5. The Labute approximate surface area is 131 Å². The van der Waals surface area contributed by atoms with E-state index in [2.05, 4.69) is 12.2 Å². The van der Waals surface area contributed by atoms with Crippen molar-refractivity contribution in [3.8, 4) is 5.75 Å². The summed E-state index contributed by atoms with van der Waals surface area (Å²) < 4.78 is 31.9. The Morgan fingerprint density at radius 1 is 1.33 bits per heavy atom. The number of methoxy groups -OCH3 is 1. The highest BCUT2D eigenvalue weighted by Gasteiger charge is 2.34. The molecular weight excluding hydrogens is 312 g/mol. The highest BCUT2D eigenvalue weighted by Crippen LogP contribution is 2.30. The second-order valence-corrected chi connectivity index (χ2v) is 7.86. The third kappa shape index (κ3) is 3.34. The molecule has 1 aromatic rings. The van der Waals surface area contributed by atoms with E-state index in [0.717, 1.165) is 12.8 Å². The number of sulfonamides is 1. The van der Waals surface area contributed by atoms with Gasteiger partial charge in [-0.25, -0.2) is 8.42 Å². The molecule has 5 nitrogen and oxygen atoms in total. The van der Waals surface area contributed by atoms with Gasteiger partial charge in [0, 0.05) is 18.6 Å². The molecule has 118 valence electrons. The van der Waals surface area contributed by atoms with Crippen molar-refractivity contribution >= 4 is 21.6 Å². The van der Waals surface area contributed by atoms with Crippen LogP contribution in [0.4, 0.5) is 0 Å². The quantitative estimate of drug-likeness (QED) is 0.917. The summed E-state index contributed by atoms with van der Waals surface area (Å²) >= 11 is 6.02. The normalized spacial score (nSPS) is 19.4. The van der Waals surface area contributed by atoms with Gasteiger partial charge in [0.2, 0.25) is 10.0 Å². The maximum Gasteiger partial charge on any atom is 0.243 e. The van der Waals surface area contributed by atoms with Gasteiger partial charge in [0.05, 0.1) is 17.0 Å². The van der Waals surface area contributed by atoms with Gasteiger partial charge in [-0.15, -0.1) is 0 Å². The summed E-state index contributed by atoms with van der Waals surface area (Å²) in [5.41, 5.74) is 0.00354. The standard InChI is InChI=1S/C14H21ClN2O3S/c1-14(16-2)6-8-17(9-7-14)21(18,19)11-4-5-13(20-3)12(15)10-11/h4-5,10,16H,6-9H2,1-3H3. The number of hydrogen-bond donors (Lipinski definition) is 1. The van der Waals surface area contributed by atoms with Crippen LogP contribution in [0.3, 0.4) is 0 Å². The molecule has 0 radical (unpaired) electrons. The minimum Gasteiger partial charge on any atom is -0.495 e. The molecule has 1 aliphatic rings. The van der Waals surface area contributed by atoms with Crippen molar-refractivity contribution in [2.75, 3.05) is 27.2 Å². The summed E-state index contributed by atoms with van der Waals surface area (Å²) in [5, 5.41) is 3.56. The summed E-state index contributed by atoms with van der Waals surface area (Å²) in [6.45, 7) is 3.12. The second-order valence-electron chi connectivity index (χ2n) is 5.51. The number of ether oxygens (including phenoxy) is 1. The highest BCUT2D eigenvalue weighted by molar-refractivity contribution is 7.89. The van der Waals surface area contributed by atoms with E-state index in [4.69, 9.17) is 16.3 Å². The van der Waals surface area contributed by atoms with Crippen LogP contribution >= 0.6 is 11.6 Å². The van der Waals surface area contributed by atoms with E-state index in [-0.39, 0.29) is 10.4 Å². The van der Waals surface area contributed by atoms with Gasteiger partial charge >= 0.3 is 0 Å². The highest BCUT2D eigenvalue weighted by atomic mass is 35.5. The largest absolute Gasteiger partial charge is 0.495 e. The molecule has 7 heteroatoms. The van der Waals surface area contributed by atoms with Crippen molar-refractivity contribution < 1.29 is 13.2 Å². The first-order chi connectivity index (χ1) is 9.82. The van der Waals surface area contributed by atoms with E-state index in [1.165, 1.54) is 23.5 Å². The average Bonchev–Trinajstić information content (AvgIpc) is 2.47. The van der Waals surface area contributed by atoms with Gasteiger partial charge in [-0.3, -0.25) is 0 Å². The first-order valence-electron chi connectivity index (χ1n) is 6.85. The maximum absolute atomic E-state index is 12.6. The fraction of sp³-hybridized carbons (Fsp3) is 0.571. The topological polar surface area (TPSA) is 58.6 Å². The van der Waals surface area contributed by atoms with Crippen molar-refractivity contribution in [2.24, 2.45) is 0 Å². The summed E-state index contributed by atoms with van der Waals surface area (Å²) in [6, 6.07) is 4.56. The lowest BCUT2D eigenvalue weighted by molar-refractivity contribution is 0.219. The van der Waals surface area contributed by atoms with E-state index in [1.54, 1.807) is 6.07 Å². The van der Waals surface area contributed by atoms with Gasteiger partial charge < -0.3 is 10.1 Å². The van der Waals surface area contributed by atoms with Gasteiger partial charge in [0.15, 0.2) is 0 Å². The van der Waals surface area contributed by atoms with Crippen molar-refractivity contribution in [1.82, 2.24) is 9.62 Å². The van der Waals surface area contributed by atoms with Crippen LogP contribution in [0.5, 0.6) is 5.75 Å². The smallest absolute Gasteiger partial charge is 0.243 e. The van der Waals surface area contributed by atoms with Crippen LogP contribution in [0.1, 0.15) is 19.8 Å². The van der Waals surface area contributed by atoms with Crippen LogP contribution in [-0.2, 0) is 10.0 Å². The third-order valence-corrected chi connectivity index (χ3v) is 6.38. The zero-order chi connectivity index (χ0) is 15.7. The molecule has 0 spiro atoms. The van der Waals surface area contributed by atoms with Gasteiger partial charge in [0.1, 0.15) is 5.75 Å². The molecule has 0 amide bonds. The van der Waals surface area contributed by atoms with Crippen LogP contribution in [0.25, 0.3) is 0 Å². The number of nitrogens with zero attached hydrogens (tertiary/aromatic N) is 1. The predicted molar refractivity (Wildman–Crippen MR) is 83.5 cm³/mol. The van der Waals surface area contributed by atoms with E-state index in [1.807, 2.05) is 7.05 Å². The molecule has 0 saturated carbocycles. The lowest BCUT2D eigenvalue weighted by atomic mass is 9.91. The van der Waals surface area contributed by atoms with Crippen molar-refractivity contribution in [3.63, 3.8) is 0 Å². The molecule has 1 fully saturated rings. The molecule has 0 aromatic heterocycles. The SMILES string of the molecule is CNC1(C)CCN(S(=O)(=O)c2ccc(OC)c(Cl)c2)CC1. The summed E-state index contributed by atoms with van der Waals surface area (Å²) in [5.74, 6) is 0.469. The van der Waals surface area contributed by atoms with E-state index < -0.39 is 10.0 Å². The van der Waals surface area contributed by atoms with Gasteiger partial charge in [0.25, 0.3) is 0 Å². The Balaban J connectivity index is 2.21. The Morgan fingerprint density at radius 3 is 2.43 bits per heavy atom. The molecule has 1 aromatic carbocycles. The first-order valence-corrected chi connectivity index (χ1v) is 8.67. The molecule has 0 bridgehead atoms. The summed E-state index contributed by atoms with van der Waals surface area (Å²) in [7, 11) is -0.0936. The fourth-order valence-electron chi connectivity index (χ4n) is 2.43. The zero-order valence-corrected chi connectivity index (χ0v) is 14.1. The van der Waals surface area contributed by atoms with Crippen molar-refractivity contribution in [3.05, 3.63) is 23.2 Å².